The van der Waals surface area contributed by atoms with E-state index in [9.17, 15) is 4.79 Å². The second kappa shape index (κ2) is 6.48. The number of hydrogen-bond acceptors (Lipinski definition) is 2. The number of nitrogens with one attached hydrogen (secondary N) is 1. The maximum atomic E-state index is 11.9. The quantitative estimate of drug-likeness (QED) is 0.860. The summed E-state index contributed by atoms with van der Waals surface area (Å²) >= 11 is 5.90. The van der Waals surface area contributed by atoms with Gasteiger partial charge in [0.1, 0.15) is 0 Å². The molecule has 0 saturated carbocycles. The molecule has 1 atom stereocenters. The van der Waals surface area contributed by atoms with Gasteiger partial charge in [-0.1, -0.05) is 31.9 Å². The van der Waals surface area contributed by atoms with E-state index in [4.69, 9.17) is 11.6 Å². The largest absolute Gasteiger partial charge is 0.349 e. The Balaban J connectivity index is 2.68. The summed E-state index contributed by atoms with van der Waals surface area (Å²) in [5, 5.41) is 3.37. The Morgan fingerprint density at radius 3 is 2.88 bits per heavy atom. The zero-order chi connectivity index (χ0) is 12.0. The molecule has 1 aromatic rings. The van der Waals surface area contributed by atoms with Crippen LogP contribution in [-0.4, -0.2) is 16.9 Å². The van der Waals surface area contributed by atoms with E-state index in [2.05, 4.69) is 24.1 Å². The number of pyridine rings is 1. The Hall–Kier alpha value is -1.09. The summed E-state index contributed by atoms with van der Waals surface area (Å²) in [6.07, 6.45) is 6.04. The molecule has 0 saturated heterocycles. The molecule has 16 heavy (non-hydrogen) atoms. The highest BCUT2D eigenvalue weighted by Gasteiger charge is 2.13. The molecule has 0 aliphatic carbocycles. The van der Waals surface area contributed by atoms with Crippen molar-refractivity contribution in [1.29, 1.82) is 0 Å². The fourth-order valence-corrected chi connectivity index (χ4v) is 1.75. The number of carbonyl (C=O) groups is 1. The lowest BCUT2D eigenvalue weighted by Crippen LogP contribution is -2.34. The first-order valence-corrected chi connectivity index (χ1v) is 5.97. The molecule has 0 bridgehead atoms. The van der Waals surface area contributed by atoms with Gasteiger partial charge < -0.3 is 5.32 Å². The number of carbonyl (C=O) groups excluding carboxylic acids is 1. The predicted octanol–water partition coefficient (Wildman–Crippen LogP) is 3.04. The Labute approximate surface area is 101 Å². The third-order valence-corrected chi connectivity index (χ3v) is 2.78. The molecule has 1 unspecified atom stereocenters. The SMILES string of the molecule is CCCC(CC)NC(=O)c1ccncc1Cl. The fraction of sp³-hybridized carbons (Fsp3) is 0.500. The van der Waals surface area contributed by atoms with Crippen molar-refractivity contribution in [2.24, 2.45) is 0 Å². The van der Waals surface area contributed by atoms with Crippen LogP contribution in [0.15, 0.2) is 18.5 Å². The summed E-state index contributed by atoms with van der Waals surface area (Å²) in [6.45, 7) is 4.17. The summed E-state index contributed by atoms with van der Waals surface area (Å²) in [5.41, 5.74) is 0.492. The van der Waals surface area contributed by atoms with Crippen LogP contribution in [0.3, 0.4) is 0 Å². The standard InChI is InChI=1S/C12H17ClN2O/c1-3-5-9(4-2)15-12(16)10-6-7-14-8-11(10)13/h6-9H,3-5H2,1-2H3,(H,15,16). The highest BCUT2D eigenvalue weighted by Crippen LogP contribution is 2.13. The number of rotatable bonds is 5. The molecular formula is C12H17ClN2O. The molecular weight excluding hydrogens is 224 g/mol. The van der Waals surface area contributed by atoms with E-state index < -0.39 is 0 Å². The summed E-state index contributed by atoms with van der Waals surface area (Å²) in [4.78, 5) is 15.7. The molecule has 0 radical (unpaired) electrons. The topological polar surface area (TPSA) is 42.0 Å². The minimum absolute atomic E-state index is 0.118. The van der Waals surface area contributed by atoms with Crippen molar-refractivity contribution in [2.45, 2.75) is 39.2 Å². The van der Waals surface area contributed by atoms with Gasteiger partial charge in [0.25, 0.3) is 5.91 Å². The van der Waals surface area contributed by atoms with Gasteiger partial charge in [0.15, 0.2) is 0 Å². The Kier molecular flexibility index (Phi) is 5.26. The number of hydrogen-bond donors (Lipinski definition) is 1. The maximum Gasteiger partial charge on any atom is 0.253 e. The van der Waals surface area contributed by atoms with Gasteiger partial charge in [0.2, 0.25) is 0 Å². The van der Waals surface area contributed by atoms with Gasteiger partial charge in [-0.15, -0.1) is 0 Å². The summed E-state index contributed by atoms with van der Waals surface area (Å²) < 4.78 is 0. The van der Waals surface area contributed by atoms with E-state index in [0.29, 0.717) is 10.6 Å². The number of halogens is 1. The lowest BCUT2D eigenvalue weighted by atomic mass is 10.1. The Morgan fingerprint density at radius 1 is 1.56 bits per heavy atom. The summed E-state index contributed by atoms with van der Waals surface area (Å²) in [7, 11) is 0. The van der Waals surface area contributed by atoms with Crippen molar-refractivity contribution in [3.8, 4) is 0 Å². The summed E-state index contributed by atoms with van der Waals surface area (Å²) in [6, 6.07) is 1.86. The molecule has 0 aromatic carbocycles. The highest BCUT2D eigenvalue weighted by molar-refractivity contribution is 6.33. The van der Waals surface area contributed by atoms with Crippen molar-refractivity contribution >= 4 is 17.5 Å². The molecule has 1 amide bonds. The second-order valence-electron chi connectivity index (χ2n) is 3.72. The molecule has 3 nitrogen and oxygen atoms in total. The van der Waals surface area contributed by atoms with Crippen molar-refractivity contribution in [2.75, 3.05) is 0 Å². The van der Waals surface area contributed by atoms with Crippen LogP contribution in [0, 0.1) is 0 Å². The number of amides is 1. The zero-order valence-corrected chi connectivity index (χ0v) is 10.4. The van der Waals surface area contributed by atoms with Gasteiger partial charge in [0, 0.05) is 18.4 Å². The van der Waals surface area contributed by atoms with E-state index >= 15 is 0 Å². The van der Waals surface area contributed by atoms with Gasteiger partial charge >= 0.3 is 0 Å². The van der Waals surface area contributed by atoms with E-state index in [0.717, 1.165) is 19.3 Å². The van der Waals surface area contributed by atoms with Crippen LogP contribution >= 0.6 is 11.6 Å². The first-order chi connectivity index (χ1) is 7.69. The van der Waals surface area contributed by atoms with Gasteiger partial charge in [-0.3, -0.25) is 9.78 Å². The molecule has 1 N–H and O–H groups in total. The molecule has 88 valence electrons. The molecule has 1 aromatic heterocycles. The van der Waals surface area contributed by atoms with E-state index in [1.54, 1.807) is 12.3 Å². The Morgan fingerprint density at radius 2 is 2.31 bits per heavy atom. The van der Waals surface area contributed by atoms with Crippen molar-refractivity contribution in [1.82, 2.24) is 10.3 Å². The maximum absolute atomic E-state index is 11.9. The van der Waals surface area contributed by atoms with E-state index in [-0.39, 0.29) is 11.9 Å². The van der Waals surface area contributed by atoms with Crippen LogP contribution in [0.1, 0.15) is 43.5 Å². The first kappa shape index (κ1) is 13.0. The highest BCUT2D eigenvalue weighted by atomic mass is 35.5. The molecule has 1 heterocycles. The third-order valence-electron chi connectivity index (χ3n) is 2.48. The average Bonchev–Trinajstić information content (AvgIpc) is 2.28. The van der Waals surface area contributed by atoms with Crippen LogP contribution in [-0.2, 0) is 0 Å². The third kappa shape index (κ3) is 3.49. The fourth-order valence-electron chi connectivity index (χ4n) is 1.55. The van der Waals surface area contributed by atoms with Gasteiger partial charge in [-0.05, 0) is 18.9 Å². The molecule has 0 aliphatic heterocycles. The zero-order valence-electron chi connectivity index (χ0n) is 9.66. The normalized spacial score (nSPS) is 12.2. The monoisotopic (exact) mass is 240 g/mol. The van der Waals surface area contributed by atoms with Crippen LogP contribution < -0.4 is 5.32 Å². The van der Waals surface area contributed by atoms with Crippen molar-refractivity contribution < 1.29 is 4.79 Å². The minimum atomic E-state index is -0.118. The lowest BCUT2D eigenvalue weighted by molar-refractivity contribution is 0.0934. The predicted molar refractivity (Wildman–Crippen MR) is 65.7 cm³/mol. The Bertz CT molecular complexity index is 355. The molecule has 4 heteroatoms. The van der Waals surface area contributed by atoms with Gasteiger partial charge in [0.05, 0.1) is 10.6 Å². The number of aromatic nitrogens is 1. The first-order valence-electron chi connectivity index (χ1n) is 5.59. The van der Waals surface area contributed by atoms with Crippen LogP contribution in [0.25, 0.3) is 0 Å². The van der Waals surface area contributed by atoms with Crippen molar-refractivity contribution in [3.05, 3.63) is 29.0 Å². The van der Waals surface area contributed by atoms with Crippen molar-refractivity contribution in [3.63, 3.8) is 0 Å². The molecule has 0 spiro atoms. The molecule has 1 rings (SSSR count). The molecule has 0 fully saturated rings. The lowest BCUT2D eigenvalue weighted by Gasteiger charge is -2.16. The van der Waals surface area contributed by atoms with Gasteiger partial charge in [-0.25, -0.2) is 0 Å². The average molecular weight is 241 g/mol. The van der Waals surface area contributed by atoms with Crippen LogP contribution in [0.5, 0.6) is 0 Å². The minimum Gasteiger partial charge on any atom is -0.349 e. The second-order valence-corrected chi connectivity index (χ2v) is 4.13. The van der Waals surface area contributed by atoms with Crippen LogP contribution in [0.2, 0.25) is 5.02 Å². The smallest absolute Gasteiger partial charge is 0.253 e. The van der Waals surface area contributed by atoms with Gasteiger partial charge in [-0.2, -0.15) is 0 Å². The van der Waals surface area contributed by atoms with E-state index in [1.165, 1.54) is 6.20 Å². The van der Waals surface area contributed by atoms with E-state index in [1.807, 2.05) is 0 Å². The summed E-state index contributed by atoms with van der Waals surface area (Å²) in [5.74, 6) is -0.118. The van der Waals surface area contributed by atoms with Crippen LogP contribution in [0.4, 0.5) is 0 Å². The molecule has 0 aliphatic rings. The number of nitrogens with zero attached hydrogens (tertiary/aromatic N) is 1.